The van der Waals surface area contributed by atoms with Crippen LogP contribution in [-0.2, 0) is 15.1 Å². The summed E-state index contributed by atoms with van der Waals surface area (Å²) in [5.74, 6) is -0.484. The summed E-state index contributed by atoms with van der Waals surface area (Å²) < 4.78 is 6.04. The first kappa shape index (κ1) is 17.7. The third kappa shape index (κ3) is 3.19. The van der Waals surface area contributed by atoms with E-state index in [0.717, 1.165) is 11.1 Å². The predicted molar refractivity (Wildman–Crippen MR) is 94.1 cm³/mol. The van der Waals surface area contributed by atoms with E-state index in [4.69, 9.17) is 4.74 Å². The first-order chi connectivity index (χ1) is 11.5. The van der Waals surface area contributed by atoms with Gasteiger partial charge in [0.05, 0.1) is 6.07 Å². The molecule has 3 nitrogen and oxygen atoms in total. The van der Waals surface area contributed by atoms with Crippen LogP contribution in [0.5, 0.6) is 0 Å². The molecule has 0 aliphatic heterocycles. The summed E-state index contributed by atoms with van der Waals surface area (Å²) in [6.45, 7) is 5.44. The lowest BCUT2D eigenvalue weighted by Gasteiger charge is -2.36. The molecular formula is C21H23NO2. The van der Waals surface area contributed by atoms with Crippen LogP contribution in [0.4, 0.5) is 0 Å². The van der Waals surface area contributed by atoms with Gasteiger partial charge in [-0.25, -0.2) is 0 Å². The Morgan fingerprint density at radius 3 is 1.75 bits per heavy atom. The molecule has 0 radical (unpaired) electrons. The fourth-order valence-electron chi connectivity index (χ4n) is 2.72. The van der Waals surface area contributed by atoms with Gasteiger partial charge in [0.2, 0.25) is 0 Å². The van der Waals surface area contributed by atoms with Crippen molar-refractivity contribution in [1.82, 2.24) is 0 Å². The highest BCUT2D eigenvalue weighted by atomic mass is 16.6. The number of nitrogens with zero attached hydrogens (tertiary/aromatic N) is 1. The van der Waals surface area contributed by atoms with Gasteiger partial charge in [0.25, 0.3) is 0 Å². The lowest BCUT2D eigenvalue weighted by atomic mass is 9.82. The molecule has 1 unspecified atom stereocenters. The highest BCUT2D eigenvalue weighted by molar-refractivity contribution is 5.80. The van der Waals surface area contributed by atoms with E-state index >= 15 is 0 Å². The first-order valence-electron chi connectivity index (χ1n) is 8.28. The summed E-state index contributed by atoms with van der Waals surface area (Å²) in [6, 6.07) is 21.5. The average Bonchev–Trinajstić information content (AvgIpc) is 2.66. The second-order valence-electron chi connectivity index (χ2n) is 6.10. The molecule has 0 aliphatic carbocycles. The number of benzene rings is 2. The van der Waals surface area contributed by atoms with Gasteiger partial charge in [0.15, 0.2) is 11.0 Å². The van der Waals surface area contributed by atoms with Crippen LogP contribution in [0.1, 0.15) is 44.7 Å². The van der Waals surface area contributed by atoms with E-state index < -0.39 is 17.0 Å². The maximum absolute atomic E-state index is 12.8. The SMILES string of the molecule is CCC(C)(C#N)C(=O)OC(CC)(c1ccccc1)c1ccccc1. The van der Waals surface area contributed by atoms with E-state index in [0.29, 0.717) is 12.8 Å². The zero-order valence-electron chi connectivity index (χ0n) is 14.5. The van der Waals surface area contributed by atoms with Crippen LogP contribution in [0.3, 0.4) is 0 Å². The number of esters is 1. The van der Waals surface area contributed by atoms with Crippen LogP contribution in [0.25, 0.3) is 0 Å². The quantitative estimate of drug-likeness (QED) is 0.716. The normalized spacial score (nSPS) is 13.6. The van der Waals surface area contributed by atoms with Gasteiger partial charge in [0, 0.05) is 11.1 Å². The van der Waals surface area contributed by atoms with Crippen molar-refractivity contribution in [2.45, 2.75) is 39.2 Å². The monoisotopic (exact) mass is 321 g/mol. The van der Waals surface area contributed by atoms with Crippen LogP contribution in [-0.4, -0.2) is 5.97 Å². The van der Waals surface area contributed by atoms with E-state index in [1.165, 1.54) is 0 Å². The molecule has 1 atom stereocenters. The highest BCUT2D eigenvalue weighted by Crippen LogP contribution is 2.39. The highest BCUT2D eigenvalue weighted by Gasteiger charge is 2.42. The third-order valence-electron chi connectivity index (χ3n) is 4.65. The van der Waals surface area contributed by atoms with E-state index in [2.05, 4.69) is 6.07 Å². The van der Waals surface area contributed by atoms with Crippen LogP contribution in [0.2, 0.25) is 0 Å². The Kier molecular flexibility index (Phi) is 5.41. The lowest BCUT2D eigenvalue weighted by molar-refractivity contribution is -0.166. The number of carbonyl (C=O) groups is 1. The average molecular weight is 321 g/mol. The molecule has 0 bridgehead atoms. The first-order valence-corrected chi connectivity index (χ1v) is 8.28. The van der Waals surface area contributed by atoms with Crippen LogP contribution < -0.4 is 0 Å². The van der Waals surface area contributed by atoms with Crippen molar-refractivity contribution in [1.29, 1.82) is 5.26 Å². The van der Waals surface area contributed by atoms with Gasteiger partial charge in [0.1, 0.15) is 0 Å². The zero-order valence-corrected chi connectivity index (χ0v) is 14.5. The molecule has 2 aromatic carbocycles. The van der Waals surface area contributed by atoms with Crippen LogP contribution >= 0.6 is 0 Å². The fourth-order valence-corrected chi connectivity index (χ4v) is 2.72. The summed E-state index contributed by atoms with van der Waals surface area (Å²) in [6.07, 6.45) is 0.990. The van der Waals surface area contributed by atoms with E-state index in [-0.39, 0.29) is 0 Å². The molecule has 24 heavy (non-hydrogen) atoms. The molecule has 2 rings (SSSR count). The number of rotatable bonds is 6. The second kappa shape index (κ2) is 7.31. The van der Waals surface area contributed by atoms with E-state index in [1.807, 2.05) is 74.5 Å². The Hall–Kier alpha value is -2.60. The minimum Gasteiger partial charge on any atom is -0.448 e. The Bertz CT molecular complexity index is 679. The third-order valence-corrected chi connectivity index (χ3v) is 4.65. The predicted octanol–water partition coefficient (Wildman–Crippen LogP) is 4.82. The summed E-state index contributed by atoms with van der Waals surface area (Å²) in [5.41, 5.74) is -0.233. The van der Waals surface area contributed by atoms with Crippen molar-refractivity contribution in [3.8, 4) is 6.07 Å². The molecule has 124 valence electrons. The molecule has 0 saturated heterocycles. The molecule has 0 amide bonds. The van der Waals surface area contributed by atoms with Gasteiger partial charge in [-0.15, -0.1) is 0 Å². The van der Waals surface area contributed by atoms with Gasteiger partial charge in [-0.3, -0.25) is 4.79 Å². The Morgan fingerprint density at radius 2 is 1.42 bits per heavy atom. The van der Waals surface area contributed by atoms with Crippen molar-refractivity contribution in [2.75, 3.05) is 0 Å². The van der Waals surface area contributed by atoms with E-state index in [1.54, 1.807) is 6.92 Å². The van der Waals surface area contributed by atoms with Crippen molar-refractivity contribution >= 4 is 5.97 Å². The van der Waals surface area contributed by atoms with Gasteiger partial charge >= 0.3 is 5.97 Å². The Balaban J connectivity index is 2.56. The van der Waals surface area contributed by atoms with Crippen LogP contribution in [0.15, 0.2) is 60.7 Å². The number of hydrogen-bond acceptors (Lipinski definition) is 3. The summed E-state index contributed by atoms with van der Waals surface area (Å²) >= 11 is 0. The van der Waals surface area contributed by atoms with Crippen molar-refractivity contribution in [2.24, 2.45) is 5.41 Å². The maximum atomic E-state index is 12.8. The molecule has 0 spiro atoms. The van der Waals surface area contributed by atoms with Crippen molar-refractivity contribution < 1.29 is 9.53 Å². The van der Waals surface area contributed by atoms with Crippen molar-refractivity contribution in [3.63, 3.8) is 0 Å². The maximum Gasteiger partial charge on any atom is 0.327 e. The van der Waals surface area contributed by atoms with Gasteiger partial charge < -0.3 is 4.74 Å². The fraction of sp³-hybridized carbons (Fsp3) is 0.333. The zero-order chi connectivity index (χ0) is 17.6. The smallest absolute Gasteiger partial charge is 0.327 e. The summed E-state index contributed by atoms with van der Waals surface area (Å²) in [7, 11) is 0. The molecule has 0 fully saturated rings. The Morgan fingerprint density at radius 1 is 0.958 bits per heavy atom. The number of nitriles is 1. The number of carbonyl (C=O) groups excluding carboxylic acids is 1. The molecule has 0 aliphatic rings. The van der Waals surface area contributed by atoms with Gasteiger partial charge in [-0.2, -0.15) is 5.26 Å². The molecule has 3 heteroatoms. The van der Waals surface area contributed by atoms with Crippen molar-refractivity contribution in [3.05, 3.63) is 71.8 Å². The molecular weight excluding hydrogens is 298 g/mol. The molecule has 2 aromatic rings. The minimum atomic E-state index is -1.15. The van der Waals surface area contributed by atoms with E-state index in [9.17, 15) is 10.1 Å². The molecule has 0 N–H and O–H groups in total. The van der Waals surface area contributed by atoms with Gasteiger partial charge in [-0.05, 0) is 19.8 Å². The molecule has 0 aromatic heterocycles. The minimum absolute atomic E-state index is 0.408. The number of hydrogen-bond donors (Lipinski definition) is 0. The standard InChI is InChI=1S/C21H23NO2/c1-4-20(3,16-22)19(23)24-21(5-2,17-12-8-6-9-13-17)18-14-10-7-11-15-18/h6-15H,4-5H2,1-3H3. The largest absolute Gasteiger partial charge is 0.448 e. The molecule has 0 saturated carbocycles. The summed E-state index contributed by atoms with van der Waals surface area (Å²) in [4.78, 5) is 12.8. The second-order valence-corrected chi connectivity index (χ2v) is 6.10. The lowest BCUT2D eigenvalue weighted by Crippen LogP contribution is -2.39. The molecule has 0 heterocycles. The summed E-state index contributed by atoms with van der Waals surface area (Å²) in [5, 5.41) is 9.42. The Labute approximate surface area is 143 Å². The topological polar surface area (TPSA) is 50.1 Å². The van der Waals surface area contributed by atoms with Gasteiger partial charge in [-0.1, -0.05) is 74.5 Å². The van der Waals surface area contributed by atoms with Crippen LogP contribution in [0, 0.1) is 16.7 Å². The number of ether oxygens (including phenoxy) is 1.